The summed E-state index contributed by atoms with van der Waals surface area (Å²) in [6.07, 6.45) is 2.23. The molecule has 0 aromatic heterocycles. The predicted octanol–water partition coefficient (Wildman–Crippen LogP) is 3.67. The number of nitrogen functional groups attached to an aromatic ring is 1. The van der Waals surface area contributed by atoms with Gasteiger partial charge in [-0.15, -0.1) is 0 Å². The second kappa shape index (κ2) is 5.20. The van der Waals surface area contributed by atoms with Gasteiger partial charge in [-0.2, -0.15) is 0 Å². The number of hydrogen-bond donors (Lipinski definition) is 1. The van der Waals surface area contributed by atoms with E-state index in [2.05, 4.69) is 45.9 Å². The highest BCUT2D eigenvalue weighted by Crippen LogP contribution is 2.19. The van der Waals surface area contributed by atoms with Crippen molar-refractivity contribution in [3.05, 3.63) is 29.3 Å². The van der Waals surface area contributed by atoms with Crippen LogP contribution in [0.5, 0.6) is 0 Å². The molecular formula is C14H23N. The van der Waals surface area contributed by atoms with Crippen molar-refractivity contribution >= 4 is 5.69 Å². The molecule has 0 fully saturated rings. The number of nitrogens with two attached hydrogens (primary N) is 1. The normalized spacial score (nSPS) is 11.3. The molecule has 0 spiro atoms. The molecule has 0 radical (unpaired) electrons. The first kappa shape index (κ1) is 12.1. The molecule has 15 heavy (non-hydrogen) atoms. The average Bonchev–Trinajstić information content (AvgIpc) is 2.09. The average molecular weight is 205 g/mol. The highest BCUT2D eigenvalue weighted by atomic mass is 14.6. The van der Waals surface area contributed by atoms with Crippen molar-refractivity contribution in [2.45, 2.75) is 40.5 Å². The van der Waals surface area contributed by atoms with Gasteiger partial charge in [-0.3, -0.25) is 0 Å². The van der Waals surface area contributed by atoms with Gasteiger partial charge in [-0.25, -0.2) is 0 Å². The van der Waals surface area contributed by atoms with Crippen LogP contribution >= 0.6 is 0 Å². The zero-order valence-corrected chi connectivity index (χ0v) is 10.4. The lowest BCUT2D eigenvalue weighted by Gasteiger charge is -2.12. The van der Waals surface area contributed by atoms with Gasteiger partial charge in [0.15, 0.2) is 0 Å². The highest BCUT2D eigenvalue weighted by molar-refractivity contribution is 5.48. The van der Waals surface area contributed by atoms with E-state index in [4.69, 9.17) is 5.73 Å². The summed E-state index contributed by atoms with van der Waals surface area (Å²) in [5.41, 5.74) is 9.63. The summed E-state index contributed by atoms with van der Waals surface area (Å²) in [4.78, 5) is 0. The molecule has 0 aliphatic carbocycles. The van der Waals surface area contributed by atoms with Gasteiger partial charge < -0.3 is 5.73 Å². The molecule has 2 N–H and O–H groups in total. The predicted molar refractivity (Wildman–Crippen MR) is 67.9 cm³/mol. The molecule has 0 saturated heterocycles. The Morgan fingerprint density at radius 3 is 2.13 bits per heavy atom. The molecular weight excluding hydrogens is 182 g/mol. The summed E-state index contributed by atoms with van der Waals surface area (Å²) < 4.78 is 0. The zero-order valence-electron chi connectivity index (χ0n) is 10.4. The fourth-order valence-electron chi connectivity index (χ4n) is 1.87. The van der Waals surface area contributed by atoms with Crippen LogP contribution in [-0.2, 0) is 12.8 Å². The Morgan fingerprint density at radius 1 is 1.00 bits per heavy atom. The monoisotopic (exact) mass is 205 g/mol. The molecule has 0 unspecified atom stereocenters. The van der Waals surface area contributed by atoms with E-state index in [0.29, 0.717) is 11.8 Å². The van der Waals surface area contributed by atoms with Crippen molar-refractivity contribution in [1.29, 1.82) is 0 Å². The van der Waals surface area contributed by atoms with Crippen molar-refractivity contribution in [2.75, 3.05) is 5.73 Å². The van der Waals surface area contributed by atoms with Gasteiger partial charge in [-0.05, 0) is 41.9 Å². The fourth-order valence-corrected chi connectivity index (χ4v) is 1.87. The van der Waals surface area contributed by atoms with Gasteiger partial charge in [0.05, 0.1) is 0 Å². The summed E-state index contributed by atoms with van der Waals surface area (Å²) in [7, 11) is 0. The lowest BCUT2D eigenvalue weighted by molar-refractivity contribution is 0.637. The van der Waals surface area contributed by atoms with Gasteiger partial charge in [-0.1, -0.05) is 39.8 Å². The van der Waals surface area contributed by atoms with Crippen LogP contribution in [0.4, 0.5) is 5.69 Å². The molecule has 0 aliphatic rings. The third kappa shape index (κ3) is 3.94. The Morgan fingerprint density at radius 2 is 1.60 bits per heavy atom. The highest BCUT2D eigenvalue weighted by Gasteiger charge is 2.05. The van der Waals surface area contributed by atoms with Gasteiger partial charge in [0, 0.05) is 5.69 Å². The second-order valence-electron chi connectivity index (χ2n) is 5.23. The van der Waals surface area contributed by atoms with Crippen molar-refractivity contribution in [3.8, 4) is 0 Å². The van der Waals surface area contributed by atoms with E-state index in [-0.39, 0.29) is 0 Å². The van der Waals surface area contributed by atoms with Gasteiger partial charge >= 0.3 is 0 Å². The van der Waals surface area contributed by atoms with E-state index in [1.165, 1.54) is 11.1 Å². The SMILES string of the molecule is CC(C)Cc1ccc(N)c(CC(C)C)c1. The molecule has 84 valence electrons. The summed E-state index contributed by atoms with van der Waals surface area (Å²) in [5, 5.41) is 0. The van der Waals surface area contributed by atoms with Crippen LogP contribution in [0, 0.1) is 11.8 Å². The van der Waals surface area contributed by atoms with Crippen LogP contribution in [0.15, 0.2) is 18.2 Å². The Labute approximate surface area is 93.7 Å². The molecule has 0 atom stereocenters. The van der Waals surface area contributed by atoms with Crippen LogP contribution in [0.25, 0.3) is 0 Å². The maximum Gasteiger partial charge on any atom is 0.0346 e. The Kier molecular flexibility index (Phi) is 4.19. The molecule has 1 aromatic carbocycles. The summed E-state index contributed by atoms with van der Waals surface area (Å²) in [6.45, 7) is 8.96. The first-order valence-corrected chi connectivity index (χ1v) is 5.86. The van der Waals surface area contributed by atoms with E-state index in [1.807, 2.05) is 0 Å². The second-order valence-corrected chi connectivity index (χ2v) is 5.23. The number of rotatable bonds is 4. The van der Waals surface area contributed by atoms with E-state index < -0.39 is 0 Å². The molecule has 0 amide bonds. The van der Waals surface area contributed by atoms with Crippen molar-refractivity contribution in [1.82, 2.24) is 0 Å². The van der Waals surface area contributed by atoms with E-state index >= 15 is 0 Å². The molecule has 0 saturated carbocycles. The summed E-state index contributed by atoms with van der Waals surface area (Å²) in [6, 6.07) is 6.48. The van der Waals surface area contributed by atoms with E-state index in [1.54, 1.807) is 0 Å². The smallest absolute Gasteiger partial charge is 0.0346 e. The van der Waals surface area contributed by atoms with Crippen LogP contribution in [0.2, 0.25) is 0 Å². The van der Waals surface area contributed by atoms with E-state index in [0.717, 1.165) is 18.5 Å². The molecule has 0 heterocycles. The van der Waals surface area contributed by atoms with Crippen LogP contribution in [-0.4, -0.2) is 0 Å². The molecule has 1 heteroatoms. The fraction of sp³-hybridized carbons (Fsp3) is 0.571. The lowest BCUT2D eigenvalue weighted by atomic mass is 9.96. The lowest BCUT2D eigenvalue weighted by Crippen LogP contribution is -2.02. The van der Waals surface area contributed by atoms with Crippen molar-refractivity contribution in [3.63, 3.8) is 0 Å². The van der Waals surface area contributed by atoms with Gasteiger partial charge in [0.2, 0.25) is 0 Å². The van der Waals surface area contributed by atoms with E-state index in [9.17, 15) is 0 Å². The maximum absolute atomic E-state index is 5.97. The van der Waals surface area contributed by atoms with Crippen molar-refractivity contribution < 1.29 is 0 Å². The zero-order chi connectivity index (χ0) is 11.4. The maximum atomic E-state index is 5.97. The van der Waals surface area contributed by atoms with Crippen molar-refractivity contribution in [2.24, 2.45) is 11.8 Å². The first-order chi connectivity index (χ1) is 6.99. The third-order valence-electron chi connectivity index (χ3n) is 2.48. The molecule has 1 nitrogen and oxygen atoms in total. The minimum absolute atomic E-state index is 0.668. The number of hydrogen-bond acceptors (Lipinski definition) is 1. The summed E-state index contributed by atoms with van der Waals surface area (Å²) in [5.74, 6) is 1.38. The Bertz CT molecular complexity index is 313. The molecule has 1 rings (SSSR count). The Balaban J connectivity index is 2.85. The molecule has 0 aliphatic heterocycles. The topological polar surface area (TPSA) is 26.0 Å². The van der Waals surface area contributed by atoms with Crippen LogP contribution in [0.1, 0.15) is 38.8 Å². The van der Waals surface area contributed by atoms with Gasteiger partial charge in [0.25, 0.3) is 0 Å². The van der Waals surface area contributed by atoms with Gasteiger partial charge in [0.1, 0.15) is 0 Å². The Hall–Kier alpha value is -0.980. The minimum atomic E-state index is 0.668. The molecule has 1 aromatic rings. The largest absolute Gasteiger partial charge is 0.399 e. The minimum Gasteiger partial charge on any atom is -0.399 e. The third-order valence-corrected chi connectivity index (χ3v) is 2.48. The number of anilines is 1. The quantitative estimate of drug-likeness (QED) is 0.746. The first-order valence-electron chi connectivity index (χ1n) is 5.86. The number of benzene rings is 1. The summed E-state index contributed by atoms with van der Waals surface area (Å²) >= 11 is 0. The van der Waals surface area contributed by atoms with Crippen LogP contribution in [0.3, 0.4) is 0 Å². The molecule has 0 bridgehead atoms. The standard InChI is InChI=1S/C14H23N/c1-10(2)7-12-5-6-14(15)13(9-12)8-11(3)4/h5-6,9-11H,7-8,15H2,1-4H3. The van der Waals surface area contributed by atoms with Crippen LogP contribution < -0.4 is 5.73 Å².